The van der Waals surface area contributed by atoms with Crippen LogP contribution in [0.15, 0.2) is 12.2 Å². The molecule has 0 saturated carbocycles. The number of ether oxygens (including phenoxy) is 1. The van der Waals surface area contributed by atoms with E-state index in [1.54, 1.807) is 20.8 Å². The Morgan fingerprint density at radius 3 is 2.30 bits per heavy atom. The molecule has 0 heterocycles. The third-order valence-corrected chi connectivity index (χ3v) is 1.84. The SMILES string of the molecule is CC(C)(C)OC(=O)NCC(CO)NC(=O)C=CC(=O)O. The Kier molecular flexibility index (Phi) is 7.30. The molecule has 8 heteroatoms. The predicted molar refractivity (Wildman–Crippen MR) is 70.0 cm³/mol. The van der Waals surface area contributed by atoms with E-state index < -0.39 is 36.2 Å². The van der Waals surface area contributed by atoms with Gasteiger partial charge in [0.1, 0.15) is 5.60 Å². The van der Waals surface area contributed by atoms with Crippen molar-refractivity contribution < 1.29 is 29.3 Å². The number of alkyl carbamates (subject to hydrolysis) is 1. The van der Waals surface area contributed by atoms with Crippen molar-refractivity contribution in [1.82, 2.24) is 10.6 Å². The minimum atomic E-state index is -1.26. The number of aliphatic hydroxyl groups is 1. The maximum Gasteiger partial charge on any atom is 0.407 e. The first-order valence-corrected chi connectivity index (χ1v) is 5.93. The van der Waals surface area contributed by atoms with Crippen molar-refractivity contribution in [1.29, 1.82) is 0 Å². The number of nitrogens with one attached hydrogen (secondary N) is 2. The maximum absolute atomic E-state index is 11.4. The Labute approximate surface area is 116 Å². The number of carbonyl (C=O) groups excluding carboxylic acids is 2. The molecular weight excluding hydrogens is 268 g/mol. The lowest BCUT2D eigenvalue weighted by Crippen LogP contribution is -2.46. The molecule has 0 radical (unpaired) electrons. The van der Waals surface area contributed by atoms with E-state index in [0.29, 0.717) is 6.08 Å². The van der Waals surface area contributed by atoms with E-state index in [-0.39, 0.29) is 6.54 Å². The van der Waals surface area contributed by atoms with Gasteiger partial charge in [-0.1, -0.05) is 0 Å². The fourth-order valence-electron chi connectivity index (χ4n) is 1.08. The molecule has 0 aromatic heterocycles. The monoisotopic (exact) mass is 288 g/mol. The van der Waals surface area contributed by atoms with Crippen LogP contribution in [0.4, 0.5) is 4.79 Å². The topological polar surface area (TPSA) is 125 Å². The number of carboxylic acid groups (broad SMARTS) is 1. The first-order chi connectivity index (χ1) is 9.14. The zero-order chi connectivity index (χ0) is 15.8. The van der Waals surface area contributed by atoms with Gasteiger partial charge in [-0.25, -0.2) is 9.59 Å². The first-order valence-electron chi connectivity index (χ1n) is 5.93. The van der Waals surface area contributed by atoms with Crippen LogP contribution in [0.5, 0.6) is 0 Å². The highest BCUT2D eigenvalue weighted by Gasteiger charge is 2.17. The number of aliphatic hydroxyl groups excluding tert-OH is 1. The molecule has 0 rings (SSSR count). The summed E-state index contributed by atoms with van der Waals surface area (Å²) in [5.74, 6) is -1.94. The van der Waals surface area contributed by atoms with Gasteiger partial charge in [0, 0.05) is 18.7 Å². The van der Waals surface area contributed by atoms with Crippen LogP contribution in [0.2, 0.25) is 0 Å². The zero-order valence-electron chi connectivity index (χ0n) is 11.7. The molecule has 0 saturated heterocycles. The minimum absolute atomic E-state index is 0.0436. The number of carbonyl (C=O) groups is 3. The highest BCUT2D eigenvalue weighted by Crippen LogP contribution is 2.06. The third-order valence-electron chi connectivity index (χ3n) is 1.84. The number of hydrogen-bond donors (Lipinski definition) is 4. The fourth-order valence-corrected chi connectivity index (χ4v) is 1.08. The highest BCUT2D eigenvalue weighted by molar-refractivity contribution is 5.94. The van der Waals surface area contributed by atoms with Gasteiger partial charge in [-0.3, -0.25) is 4.79 Å². The van der Waals surface area contributed by atoms with E-state index in [1.165, 1.54) is 0 Å². The lowest BCUT2D eigenvalue weighted by Gasteiger charge is -2.21. The van der Waals surface area contributed by atoms with Crippen LogP contribution < -0.4 is 10.6 Å². The molecule has 1 atom stereocenters. The van der Waals surface area contributed by atoms with Crippen LogP contribution in [0.1, 0.15) is 20.8 Å². The number of carboxylic acids is 1. The summed E-state index contributed by atoms with van der Waals surface area (Å²) in [7, 11) is 0. The predicted octanol–water partition coefficient (Wildman–Crippen LogP) is -0.371. The number of hydrogen-bond acceptors (Lipinski definition) is 5. The molecule has 0 bridgehead atoms. The van der Waals surface area contributed by atoms with Crippen LogP contribution in [0.25, 0.3) is 0 Å². The smallest absolute Gasteiger partial charge is 0.407 e. The van der Waals surface area contributed by atoms with Crippen LogP contribution in [-0.4, -0.2) is 53.0 Å². The summed E-state index contributed by atoms with van der Waals surface area (Å²) in [5, 5.41) is 22.1. The summed E-state index contributed by atoms with van der Waals surface area (Å²) in [6, 6.07) is -0.742. The van der Waals surface area contributed by atoms with E-state index >= 15 is 0 Å². The molecular formula is C12H20N2O6. The van der Waals surface area contributed by atoms with Crippen LogP contribution in [0.3, 0.4) is 0 Å². The summed E-state index contributed by atoms with van der Waals surface area (Å²) in [5.41, 5.74) is -0.647. The molecule has 0 aliphatic heterocycles. The number of aliphatic carboxylic acids is 1. The van der Waals surface area contributed by atoms with Crippen LogP contribution >= 0.6 is 0 Å². The number of amides is 2. The van der Waals surface area contributed by atoms with Crippen LogP contribution in [-0.2, 0) is 14.3 Å². The Bertz CT molecular complexity index is 386. The van der Waals surface area contributed by atoms with Gasteiger partial charge in [0.15, 0.2) is 0 Å². The molecule has 114 valence electrons. The van der Waals surface area contributed by atoms with E-state index in [9.17, 15) is 14.4 Å². The average Bonchev–Trinajstić information content (AvgIpc) is 2.29. The van der Waals surface area contributed by atoms with Crippen molar-refractivity contribution in [2.45, 2.75) is 32.4 Å². The number of rotatable bonds is 6. The molecule has 0 aliphatic carbocycles. The Morgan fingerprint density at radius 2 is 1.85 bits per heavy atom. The second-order valence-corrected chi connectivity index (χ2v) is 4.94. The largest absolute Gasteiger partial charge is 0.478 e. The van der Waals surface area contributed by atoms with Crippen molar-refractivity contribution in [3.8, 4) is 0 Å². The fraction of sp³-hybridized carbons (Fsp3) is 0.583. The van der Waals surface area contributed by atoms with E-state index in [4.69, 9.17) is 14.9 Å². The molecule has 1 unspecified atom stereocenters. The van der Waals surface area contributed by atoms with Crippen molar-refractivity contribution >= 4 is 18.0 Å². The molecule has 0 fully saturated rings. The average molecular weight is 288 g/mol. The second-order valence-electron chi connectivity index (χ2n) is 4.94. The van der Waals surface area contributed by atoms with Crippen LogP contribution in [0, 0.1) is 0 Å². The van der Waals surface area contributed by atoms with Crippen molar-refractivity contribution in [3.05, 3.63) is 12.2 Å². The molecule has 20 heavy (non-hydrogen) atoms. The van der Waals surface area contributed by atoms with Gasteiger partial charge in [0.05, 0.1) is 12.6 Å². The highest BCUT2D eigenvalue weighted by atomic mass is 16.6. The summed E-state index contributed by atoms with van der Waals surface area (Å²) >= 11 is 0. The Hall–Kier alpha value is -2.09. The van der Waals surface area contributed by atoms with E-state index in [0.717, 1.165) is 6.08 Å². The van der Waals surface area contributed by atoms with E-state index in [2.05, 4.69) is 10.6 Å². The lowest BCUT2D eigenvalue weighted by molar-refractivity contribution is -0.131. The first kappa shape index (κ1) is 17.9. The molecule has 4 N–H and O–H groups in total. The minimum Gasteiger partial charge on any atom is -0.478 e. The van der Waals surface area contributed by atoms with Crippen molar-refractivity contribution in [2.75, 3.05) is 13.2 Å². The summed E-state index contributed by atoms with van der Waals surface area (Å²) in [4.78, 5) is 32.9. The Balaban J connectivity index is 4.19. The summed E-state index contributed by atoms with van der Waals surface area (Å²) in [6.45, 7) is 4.65. The quantitative estimate of drug-likeness (QED) is 0.494. The summed E-state index contributed by atoms with van der Waals surface area (Å²) < 4.78 is 4.98. The zero-order valence-corrected chi connectivity index (χ0v) is 11.7. The second kappa shape index (κ2) is 8.16. The van der Waals surface area contributed by atoms with Gasteiger partial charge < -0.3 is 25.6 Å². The Morgan fingerprint density at radius 1 is 1.25 bits per heavy atom. The van der Waals surface area contributed by atoms with Crippen molar-refractivity contribution in [3.63, 3.8) is 0 Å². The van der Waals surface area contributed by atoms with Crippen molar-refractivity contribution in [2.24, 2.45) is 0 Å². The van der Waals surface area contributed by atoms with Gasteiger partial charge in [0.25, 0.3) is 0 Å². The van der Waals surface area contributed by atoms with Gasteiger partial charge in [-0.05, 0) is 20.8 Å². The molecule has 0 aromatic rings. The standard InChI is InChI=1S/C12H20N2O6/c1-12(2,3)20-11(19)13-6-8(7-15)14-9(16)4-5-10(17)18/h4-5,8,15H,6-7H2,1-3H3,(H,13,19)(H,14,16)(H,17,18). The van der Waals surface area contributed by atoms with Gasteiger partial charge >= 0.3 is 12.1 Å². The van der Waals surface area contributed by atoms with Gasteiger partial charge in [0.2, 0.25) is 5.91 Å². The molecule has 0 spiro atoms. The van der Waals surface area contributed by atoms with Gasteiger partial charge in [-0.15, -0.1) is 0 Å². The van der Waals surface area contributed by atoms with E-state index in [1.807, 2.05) is 0 Å². The molecule has 2 amide bonds. The lowest BCUT2D eigenvalue weighted by atomic mass is 10.2. The summed E-state index contributed by atoms with van der Waals surface area (Å²) in [6.07, 6.45) is 0.815. The van der Waals surface area contributed by atoms with Gasteiger partial charge in [-0.2, -0.15) is 0 Å². The maximum atomic E-state index is 11.4. The third kappa shape index (κ3) is 9.89. The normalized spacial score (nSPS) is 12.8. The molecule has 8 nitrogen and oxygen atoms in total. The molecule has 0 aromatic carbocycles. The molecule has 0 aliphatic rings.